The van der Waals surface area contributed by atoms with Gasteiger partial charge >= 0.3 is 18.2 Å². The third kappa shape index (κ3) is 15.3. The van der Waals surface area contributed by atoms with Crippen molar-refractivity contribution < 1.29 is 61.8 Å². The van der Waals surface area contributed by atoms with E-state index in [1.807, 2.05) is 78.9 Å². The summed E-state index contributed by atoms with van der Waals surface area (Å²) in [6.07, 6.45) is -4.15. The van der Waals surface area contributed by atoms with E-state index in [0.717, 1.165) is 123 Å². The summed E-state index contributed by atoms with van der Waals surface area (Å²) in [4.78, 5) is 42.3. The Balaban J connectivity index is 0.000000135. The molecule has 6 aliphatic rings. The van der Waals surface area contributed by atoms with Crippen LogP contribution in [0.3, 0.4) is 0 Å². The lowest BCUT2D eigenvalue weighted by molar-refractivity contribution is -0.147. The zero-order valence-corrected chi connectivity index (χ0v) is 44.1. The Labute approximate surface area is 462 Å². The molecule has 0 aromatic heterocycles. The fourth-order valence-corrected chi connectivity index (χ4v) is 9.34. The van der Waals surface area contributed by atoms with Crippen LogP contribution in [0.4, 0.5) is 26.7 Å². The van der Waals surface area contributed by atoms with Crippen molar-refractivity contribution in [2.24, 2.45) is 0 Å². The van der Waals surface area contributed by atoms with Crippen LogP contribution in [0.5, 0.6) is 0 Å². The smallest absolute Gasteiger partial charge is 0.442 e. The topological polar surface area (TPSA) is 247 Å². The normalized spacial score (nSPS) is 20.1. The van der Waals surface area contributed by atoms with Gasteiger partial charge in [0.1, 0.15) is 30.9 Å². The first kappa shape index (κ1) is 55.1. The van der Waals surface area contributed by atoms with Gasteiger partial charge in [0.15, 0.2) is 0 Å². The monoisotopic (exact) mass is 1090 g/mol. The fourth-order valence-electron chi connectivity index (χ4n) is 9.34. The van der Waals surface area contributed by atoms with Crippen molar-refractivity contribution in [1.29, 1.82) is 15.8 Å². The first-order chi connectivity index (χ1) is 39.2. The van der Waals surface area contributed by atoms with Gasteiger partial charge in [-0.15, -0.1) is 0 Å². The molecule has 6 unspecified atom stereocenters. The number of hydrogen-bond donors (Lipinski definition) is 1. The average molecular weight is 1090 g/mol. The number of rotatable bonds is 15. The SMILES string of the molecule is N#CC(OC(=O)CC1CO1)c1ccc2cc(N3CCOCC3)ccc2c1.N#CC(OC(=O)NCC1CO1)c1ccc2cc(N3CCOCC3)ccc2c1.N#CC(OC(=O)OCC1CO1)c1ccc2cc(N3CCOCC3)ccc2c1. The Morgan fingerprint density at radius 2 is 0.850 bits per heavy atom. The second kappa shape index (κ2) is 26.6. The minimum Gasteiger partial charge on any atom is -0.442 e. The lowest BCUT2D eigenvalue weighted by Gasteiger charge is -2.29. The molecule has 0 bridgehead atoms. The number of morpholine rings is 3. The van der Waals surface area contributed by atoms with E-state index in [2.05, 4.69) is 62.5 Å². The minimum atomic E-state index is -1.01. The number of carbonyl (C=O) groups is 3. The molecule has 6 aromatic rings. The largest absolute Gasteiger partial charge is 0.510 e. The van der Waals surface area contributed by atoms with Gasteiger partial charge in [-0.05, 0) is 86.9 Å². The van der Waals surface area contributed by atoms with Crippen molar-refractivity contribution in [1.82, 2.24) is 5.32 Å². The zero-order chi connectivity index (χ0) is 55.2. The Kier molecular flexibility index (Phi) is 18.3. The quantitative estimate of drug-likeness (QED) is 0.0587. The molecule has 0 saturated carbocycles. The summed E-state index contributed by atoms with van der Waals surface area (Å²) < 4.78 is 51.8. The third-order valence-corrected chi connectivity index (χ3v) is 14.1. The molecule has 6 atom stereocenters. The summed E-state index contributed by atoms with van der Waals surface area (Å²) in [5.41, 5.74) is 5.43. The molecule has 80 heavy (non-hydrogen) atoms. The molecule has 6 fully saturated rings. The van der Waals surface area contributed by atoms with E-state index in [-0.39, 0.29) is 31.3 Å². The Bertz CT molecular complexity index is 3130. The predicted molar refractivity (Wildman–Crippen MR) is 293 cm³/mol. The number of anilines is 3. The summed E-state index contributed by atoms with van der Waals surface area (Å²) in [6.45, 7) is 12.1. The van der Waals surface area contributed by atoms with Gasteiger partial charge in [0.05, 0.1) is 78.1 Å². The van der Waals surface area contributed by atoms with Gasteiger partial charge in [-0.3, -0.25) is 4.79 Å². The number of esters is 1. The lowest BCUT2D eigenvalue weighted by atomic mass is 10.0. The number of alkyl carbamates (subject to hydrolysis) is 1. The number of ether oxygens (including phenoxy) is 10. The van der Waals surface area contributed by atoms with Crippen LogP contribution in [0.15, 0.2) is 109 Å². The van der Waals surface area contributed by atoms with Gasteiger partial charge in [-0.25, -0.2) is 9.59 Å². The highest BCUT2D eigenvalue weighted by Crippen LogP contribution is 2.31. The predicted octanol–water partition coefficient (Wildman–Crippen LogP) is 7.73. The number of benzene rings is 6. The summed E-state index contributed by atoms with van der Waals surface area (Å²) in [5.74, 6) is -0.401. The second-order valence-electron chi connectivity index (χ2n) is 19.7. The summed E-state index contributed by atoms with van der Waals surface area (Å²) >= 11 is 0. The van der Waals surface area contributed by atoms with E-state index in [1.54, 1.807) is 6.07 Å². The molecule has 0 aliphatic carbocycles. The minimum absolute atomic E-state index is 0.0422. The molecular weight excluding hydrogens is 1030 g/mol. The van der Waals surface area contributed by atoms with Crippen LogP contribution >= 0.6 is 0 Å². The van der Waals surface area contributed by atoms with Crippen LogP contribution in [0.1, 0.15) is 41.4 Å². The molecule has 20 heteroatoms. The van der Waals surface area contributed by atoms with Gasteiger partial charge in [-0.2, -0.15) is 15.8 Å². The van der Waals surface area contributed by atoms with Crippen molar-refractivity contribution in [3.05, 3.63) is 126 Å². The Hall–Kier alpha value is -8.26. The molecular formula is C60H61N7O13. The number of nitrogens with zero attached hydrogens (tertiary/aromatic N) is 6. The van der Waals surface area contributed by atoms with E-state index in [1.165, 1.54) is 5.69 Å². The molecule has 6 saturated heterocycles. The molecule has 0 spiro atoms. The highest BCUT2D eigenvalue weighted by atomic mass is 16.7. The van der Waals surface area contributed by atoms with Crippen molar-refractivity contribution >= 4 is 67.6 Å². The van der Waals surface area contributed by atoms with Crippen LogP contribution in [0.2, 0.25) is 0 Å². The maximum atomic E-state index is 11.9. The summed E-state index contributed by atoms with van der Waals surface area (Å²) in [6, 6.07) is 41.8. The molecule has 6 heterocycles. The number of epoxide rings is 3. The zero-order valence-electron chi connectivity index (χ0n) is 44.1. The van der Waals surface area contributed by atoms with Gasteiger partial charge in [0.2, 0.25) is 18.3 Å². The molecule has 20 nitrogen and oxygen atoms in total. The molecule has 1 amide bonds. The first-order valence-corrected chi connectivity index (χ1v) is 26.8. The standard InChI is InChI=1S/C20H21N3O4.C20H20N2O5.C20H20N2O4/c21-11-19(27-20(24)22-12-18-13-26-18)16-2-1-15-10-17(4-3-14(15)9-16)23-5-7-25-8-6-23;21-11-19(27-20(23)26-13-18-12-25-18)16-2-1-15-10-17(4-3-14(15)9-16)22-5-7-24-8-6-22;21-12-19(26-20(23)11-18-13-25-18)16-2-1-15-10-17(4-3-14(15)9-16)22-5-7-24-8-6-22/h1-4,9-10,18-19H,5-8,12-13H2,(H,22,24);1-4,9-10,18-19H,5-8,12-13H2;1-4,9-10,18-19H,5-8,11,13H2. The van der Waals surface area contributed by atoms with Crippen LogP contribution in [-0.2, 0) is 52.2 Å². The van der Waals surface area contributed by atoms with Crippen LogP contribution in [0, 0.1) is 34.0 Å². The summed E-state index contributed by atoms with van der Waals surface area (Å²) in [5, 5.41) is 37.0. The van der Waals surface area contributed by atoms with E-state index in [0.29, 0.717) is 43.1 Å². The van der Waals surface area contributed by atoms with E-state index in [9.17, 15) is 30.2 Å². The number of nitrogens with one attached hydrogen (secondary N) is 1. The first-order valence-electron chi connectivity index (χ1n) is 26.8. The highest BCUT2D eigenvalue weighted by Gasteiger charge is 2.29. The maximum absolute atomic E-state index is 11.9. The molecule has 6 aromatic carbocycles. The van der Waals surface area contributed by atoms with Crippen LogP contribution < -0.4 is 20.0 Å². The molecule has 12 rings (SSSR count). The van der Waals surface area contributed by atoms with Gasteiger partial charge in [-0.1, -0.05) is 54.6 Å². The number of amides is 1. The van der Waals surface area contributed by atoms with Gasteiger partial charge < -0.3 is 67.4 Å². The maximum Gasteiger partial charge on any atom is 0.510 e. The number of carbonyl (C=O) groups excluding carboxylic acids is 3. The molecule has 6 aliphatic heterocycles. The van der Waals surface area contributed by atoms with Crippen LogP contribution in [0.25, 0.3) is 32.3 Å². The molecule has 1 N–H and O–H groups in total. The van der Waals surface area contributed by atoms with Gasteiger partial charge in [0.25, 0.3) is 0 Å². The van der Waals surface area contributed by atoms with Crippen molar-refractivity contribution in [3.8, 4) is 18.2 Å². The van der Waals surface area contributed by atoms with Crippen LogP contribution in [-0.4, -0.2) is 148 Å². The molecule has 414 valence electrons. The number of fused-ring (bicyclic) bond motifs is 3. The van der Waals surface area contributed by atoms with Crippen molar-refractivity contribution in [3.63, 3.8) is 0 Å². The Morgan fingerprint density at radius 1 is 0.487 bits per heavy atom. The Morgan fingerprint density at radius 3 is 1.24 bits per heavy atom. The fraction of sp³-hybridized carbons (Fsp3) is 0.400. The van der Waals surface area contributed by atoms with Crippen molar-refractivity contribution in [2.45, 2.75) is 43.0 Å². The lowest BCUT2D eigenvalue weighted by Crippen LogP contribution is -2.36. The van der Waals surface area contributed by atoms with Gasteiger partial charge in [0, 0.05) is 79.6 Å². The third-order valence-electron chi connectivity index (χ3n) is 14.1. The number of hydrogen-bond acceptors (Lipinski definition) is 19. The second-order valence-corrected chi connectivity index (χ2v) is 19.7. The average Bonchev–Trinajstić information content (AvgIpc) is 4.37. The number of nitriles is 3. The summed E-state index contributed by atoms with van der Waals surface area (Å²) in [7, 11) is 0. The van der Waals surface area contributed by atoms with Crippen molar-refractivity contribution in [2.75, 3.05) is 127 Å². The molecule has 0 radical (unpaired) electrons. The highest BCUT2D eigenvalue weighted by molar-refractivity contribution is 5.89. The van der Waals surface area contributed by atoms with E-state index >= 15 is 0 Å². The van der Waals surface area contributed by atoms with E-state index < -0.39 is 36.5 Å². The van der Waals surface area contributed by atoms with E-state index in [4.69, 9.17) is 47.4 Å².